The highest BCUT2D eigenvalue weighted by Crippen LogP contribution is 2.48. The predicted octanol–water partition coefficient (Wildman–Crippen LogP) is 4.41. The number of phenolic OH excluding ortho intramolecular Hbond substituents is 21. The molecule has 23 N–H and O–H groups in total. The van der Waals surface area contributed by atoms with Gasteiger partial charge in [0.25, 0.3) is 0 Å². The fourth-order valence-corrected chi connectivity index (χ4v) is 10.2. The van der Waals surface area contributed by atoms with Gasteiger partial charge < -0.3 is 160 Å². The molecule has 9 aromatic rings. The van der Waals surface area contributed by atoms with Gasteiger partial charge in [0, 0.05) is 12.8 Å². The molecule has 2 atom stereocenters. The number of aliphatic carboxylic acids is 1. The van der Waals surface area contributed by atoms with Crippen LogP contribution < -0.4 is 28.4 Å². The second-order valence-electron chi connectivity index (χ2n) is 23.5. The zero-order valence-corrected chi connectivity index (χ0v) is 55.1. The Morgan fingerprint density at radius 1 is 0.232 bits per heavy atom. The highest BCUT2D eigenvalue weighted by molar-refractivity contribution is 6.00. The third-order valence-electron chi connectivity index (χ3n) is 15.8. The van der Waals surface area contributed by atoms with Gasteiger partial charge in [-0.05, 0) is 109 Å². The van der Waals surface area contributed by atoms with Crippen LogP contribution in [-0.2, 0) is 19.0 Å². The van der Waals surface area contributed by atoms with Crippen molar-refractivity contribution in [3.05, 3.63) is 159 Å². The van der Waals surface area contributed by atoms with Crippen LogP contribution in [0.4, 0.5) is 0 Å². The van der Waals surface area contributed by atoms with Crippen LogP contribution in [0, 0.1) is 0 Å². The average Bonchev–Trinajstić information content (AvgIpc) is 0.767. The number of esters is 9. The van der Waals surface area contributed by atoms with Crippen LogP contribution in [0.15, 0.2) is 109 Å². The van der Waals surface area contributed by atoms with Gasteiger partial charge in [-0.3, -0.25) is 0 Å². The molecule has 10 rings (SSSR count). The minimum absolute atomic E-state index is 0.382. The number of hydrogen-bond donors (Lipinski definition) is 23. The predicted molar refractivity (Wildman–Crippen MR) is 352 cm³/mol. The molecular formula is C70H48O42. The van der Waals surface area contributed by atoms with Crippen LogP contribution in [0.25, 0.3) is 0 Å². The van der Waals surface area contributed by atoms with E-state index >= 15 is 0 Å². The first kappa shape index (κ1) is 78.0. The molecule has 9 aromatic carbocycles. The average molecular weight is 1560 g/mol. The molecule has 0 aliphatic heterocycles. The quantitative estimate of drug-likeness (QED) is 0.0231. The summed E-state index contributed by atoms with van der Waals surface area (Å²) in [5, 5.41) is 239. The third-order valence-corrected chi connectivity index (χ3v) is 15.8. The summed E-state index contributed by atoms with van der Waals surface area (Å²) >= 11 is 0. The molecule has 0 saturated heterocycles. The number of benzene rings is 9. The smallest absolute Gasteiger partial charge is 0.343 e. The number of phenols is 21. The summed E-state index contributed by atoms with van der Waals surface area (Å²) < 4.78 is 47.1. The van der Waals surface area contributed by atoms with E-state index in [0.717, 1.165) is 0 Å². The molecule has 112 heavy (non-hydrogen) atoms. The van der Waals surface area contributed by atoms with E-state index in [9.17, 15) is 165 Å². The van der Waals surface area contributed by atoms with Gasteiger partial charge in [-0.2, -0.15) is 0 Å². The zero-order valence-electron chi connectivity index (χ0n) is 55.1. The highest BCUT2D eigenvalue weighted by atomic mass is 16.6. The van der Waals surface area contributed by atoms with Crippen molar-refractivity contribution in [3.8, 4) is 155 Å². The van der Waals surface area contributed by atoms with Crippen molar-refractivity contribution in [1.29, 1.82) is 0 Å². The first-order chi connectivity index (χ1) is 52.5. The molecule has 0 heterocycles. The van der Waals surface area contributed by atoms with E-state index < -0.39 is 302 Å². The van der Waals surface area contributed by atoms with Crippen molar-refractivity contribution in [2.24, 2.45) is 0 Å². The Morgan fingerprint density at radius 3 is 0.562 bits per heavy atom. The number of aromatic hydroxyl groups is 21. The van der Waals surface area contributed by atoms with Crippen molar-refractivity contribution in [3.63, 3.8) is 0 Å². The summed E-state index contributed by atoms with van der Waals surface area (Å²) in [6.07, 6.45) is -10.7. The minimum atomic E-state index is -3.34. The minimum Gasteiger partial charge on any atom is -0.504 e. The highest BCUT2D eigenvalue weighted by Gasteiger charge is 2.55. The molecule has 42 heteroatoms. The number of ether oxygens (including phenoxy) is 9. The second kappa shape index (κ2) is 30.1. The van der Waals surface area contributed by atoms with E-state index in [2.05, 4.69) is 0 Å². The number of carboxylic acid groups (broad SMARTS) is 1. The fraction of sp³-hybridized carbons (Fsp3) is 0.0857. The number of rotatable bonds is 19. The van der Waals surface area contributed by atoms with Crippen LogP contribution in [-0.4, -0.2) is 201 Å². The summed E-state index contributed by atoms with van der Waals surface area (Å²) in [4.78, 5) is 136. The van der Waals surface area contributed by atoms with E-state index in [1.807, 2.05) is 0 Å². The molecule has 0 unspecified atom stereocenters. The van der Waals surface area contributed by atoms with Crippen molar-refractivity contribution in [1.82, 2.24) is 0 Å². The Hall–Kier alpha value is -16.6. The Bertz CT molecular complexity index is 5230. The number of hydrogen-bond acceptors (Lipinski definition) is 41. The lowest BCUT2D eigenvalue weighted by atomic mass is 9.79. The van der Waals surface area contributed by atoms with Crippen molar-refractivity contribution in [2.45, 2.75) is 36.8 Å². The van der Waals surface area contributed by atoms with Crippen molar-refractivity contribution < 1.29 is 208 Å². The van der Waals surface area contributed by atoms with Crippen molar-refractivity contribution in [2.75, 3.05) is 0 Å². The molecule has 580 valence electrons. The van der Waals surface area contributed by atoms with Crippen LogP contribution in [0.2, 0.25) is 0 Å². The summed E-state index contributed by atoms with van der Waals surface area (Å²) in [6.45, 7) is 0. The van der Waals surface area contributed by atoms with Crippen LogP contribution >= 0.6 is 0 Å². The van der Waals surface area contributed by atoms with Gasteiger partial charge in [-0.1, -0.05) is 0 Å². The van der Waals surface area contributed by atoms with Gasteiger partial charge >= 0.3 is 59.7 Å². The summed E-state index contributed by atoms with van der Waals surface area (Å²) in [5.74, 6) is -49.2. The standard InChI is InChI=1S/C70H48O42/c71-30-1-21(2-31(72)50(30)83)60(92)104-42-13-24(7-36(77)53(42)86)63(95)107-45-16-27(10-39(80)56(45)89)66(98)110-48-19-70(103,69(101)102)20-49(111-67(99)28-11-40(81)57(90)46(17-28)108-64(96)25-8-37(78)54(87)43(14-25)105-61(93)22-3-32(73)51(84)33(74)4-22)59(48)112-68(100)29-12-41(82)58(91)47(18-29)109-65(97)26-9-38(79)55(88)44(15-26)106-62(94)23-5-34(75)52(85)35(76)6-23/h1-18,48-49,59,71-91,103H,19-20H2,(H,101,102)/t48-,49-,59?,70?/m1/s1. The third kappa shape index (κ3) is 16.0. The van der Waals surface area contributed by atoms with Gasteiger partial charge in [0.1, 0.15) is 12.2 Å². The lowest BCUT2D eigenvalue weighted by Crippen LogP contribution is -2.59. The van der Waals surface area contributed by atoms with E-state index in [1.165, 1.54) is 0 Å². The molecule has 0 amide bonds. The number of carbonyl (C=O) groups excluding carboxylic acids is 9. The van der Waals surface area contributed by atoms with Crippen molar-refractivity contribution >= 4 is 59.7 Å². The summed E-state index contributed by atoms with van der Waals surface area (Å²) in [5.41, 5.74) is -11.2. The van der Waals surface area contributed by atoms with E-state index in [-0.39, 0.29) is 0 Å². The molecule has 0 bridgehead atoms. The van der Waals surface area contributed by atoms with Crippen LogP contribution in [0.3, 0.4) is 0 Å². The topological polar surface area (TPSA) is 719 Å². The fourth-order valence-electron chi connectivity index (χ4n) is 10.2. The first-order valence-corrected chi connectivity index (χ1v) is 30.5. The van der Waals surface area contributed by atoms with Crippen LogP contribution in [0.1, 0.15) is 106 Å². The SMILES string of the molecule is O=C(Oc1cc(C(=O)Oc2cc(C(=O)OC3[C@H](OC(=O)c4cc(O)c(O)c(OC(=O)c5cc(O)c(O)c(OC(=O)c6cc(O)c(O)c(O)c6)c5)c4)CC(O)(C(=O)O)C[C@H]3OC(=O)c3cc(O)c(O)c(OC(=O)c4cc(O)c(O)c(OC(=O)c5cc(O)c(O)c(O)c5)c4)c3)cc(O)c2O)cc(O)c1O)c1cc(O)c(O)c(O)c1. The number of carbonyl (C=O) groups is 10. The molecule has 0 radical (unpaired) electrons. The molecule has 1 fully saturated rings. The van der Waals surface area contributed by atoms with Crippen LogP contribution in [0.5, 0.6) is 155 Å². The Kier molecular flexibility index (Phi) is 21.0. The number of aliphatic hydroxyl groups is 1. The molecule has 1 aliphatic rings. The maximum atomic E-state index is 14.6. The van der Waals surface area contributed by atoms with Gasteiger partial charge in [0.05, 0.1) is 50.1 Å². The van der Waals surface area contributed by atoms with E-state index in [0.29, 0.717) is 109 Å². The van der Waals surface area contributed by atoms with Gasteiger partial charge in [-0.15, -0.1) is 0 Å². The molecule has 0 aromatic heterocycles. The van der Waals surface area contributed by atoms with Gasteiger partial charge in [-0.25, -0.2) is 47.9 Å². The van der Waals surface area contributed by atoms with E-state index in [1.54, 1.807) is 0 Å². The molecule has 1 aliphatic carbocycles. The van der Waals surface area contributed by atoms with Gasteiger partial charge in [0.15, 0.2) is 132 Å². The van der Waals surface area contributed by atoms with Gasteiger partial charge in [0.2, 0.25) is 34.5 Å². The Balaban J connectivity index is 0.971. The maximum absolute atomic E-state index is 14.6. The maximum Gasteiger partial charge on any atom is 0.343 e. The molecule has 42 nitrogen and oxygen atoms in total. The second-order valence-corrected chi connectivity index (χ2v) is 23.5. The molecule has 0 spiro atoms. The van der Waals surface area contributed by atoms with E-state index in [4.69, 9.17) is 42.6 Å². The number of carboxylic acids is 1. The first-order valence-electron chi connectivity index (χ1n) is 30.5. The lowest BCUT2D eigenvalue weighted by Gasteiger charge is -2.42. The largest absolute Gasteiger partial charge is 0.504 e. The monoisotopic (exact) mass is 1560 g/mol. The summed E-state index contributed by atoms with van der Waals surface area (Å²) in [6, 6.07) is 8.96. The Morgan fingerprint density at radius 2 is 0.384 bits per heavy atom. The molecular weight excluding hydrogens is 1510 g/mol. The zero-order chi connectivity index (χ0) is 82.3. The normalized spacial score (nSPS) is 15.0. The summed E-state index contributed by atoms with van der Waals surface area (Å²) in [7, 11) is 0. The molecule has 1 saturated carbocycles. The lowest BCUT2D eigenvalue weighted by molar-refractivity contribution is -0.188. The Labute approximate surface area is 617 Å².